The van der Waals surface area contributed by atoms with E-state index in [1.165, 1.54) is 11.1 Å². The van der Waals surface area contributed by atoms with Crippen LogP contribution in [0.15, 0.2) is 53.5 Å². The van der Waals surface area contributed by atoms with Gasteiger partial charge in [-0.3, -0.25) is 5.10 Å². The van der Waals surface area contributed by atoms with E-state index in [1.54, 1.807) is 0 Å². The molecule has 1 aromatic heterocycles. The van der Waals surface area contributed by atoms with Crippen molar-refractivity contribution in [3.63, 3.8) is 0 Å². The van der Waals surface area contributed by atoms with Crippen LogP contribution >= 0.6 is 0 Å². The van der Waals surface area contributed by atoms with Crippen LogP contribution in [-0.2, 0) is 10.3 Å². The van der Waals surface area contributed by atoms with E-state index in [2.05, 4.69) is 46.9 Å². The van der Waals surface area contributed by atoms with Crippen LogP contribution in [0.4, 0.5) is 0 Å². The molecular formula is C19H18N4O. The second-order valence-corrected chi connectivity index (χ2v) is 6.60. The van der Waals surface area contributed by atoms with E-state index in [0.717, 1.165) is 35.3 Å². The number of hydrogen-bond acceptors (Lipinski definition) is 4. The lowest BCUT2D eigenvalue weighted by Crippen LogP contribution is -2.31. The van der Waals surface area contributed by atoms with Gasteiger partial charge in [-0.05, 0) is 37.0 Å². The monoisotopic (exact) mass is 318 g/mol. The van der Waals surface area contributed by atoms with Crippen molar-refractivity contribution in [1.29, 1.82) is 0 Å². The second kappa shape index (κ2) is 4.92. The molecule has 1 atom stereocenters. The molecule has 0 saturated heterocycles. The maximum Gasteiger partial charge on any atom is 0.219 e. The van der Waals surface area contributed by atoms with Crippen molar-refractivity contribution in [3.8, 4) is 0 Å². The molecule has 0 amide bonds. The molecule has 24 heavy (non-hydrogen) atoms. The summed E-state index contributed by atoms with van der Waals surface area (Å²) in [6.07, 6.45) is 1.82. The largest absolute Gasteiger partial charge is 0.277 e. The minimum absolute atomic E-state index is 0.0179. The first-order chi connectivity index (χ1) is 11.8. The van der Waals surface area contributed by atoms with Crippen molar-refractivity contribution in [2.75, 3.05) is 0 Å². The average Bonchev–Trinajstić information content (AvgIpc) is 3.07. The highest BCUT2D eigenvalue weighted by atomic mass is 16.7. The van der Waals surface area contributed by atoms with E-state index in [0.29, 0.717) is 0 Å². The van der Waals surface area contributed by atoms with Gasteiger partial charge >= 0.3 is 0 Å². The number of benzene rings is 2. The van der Waals surface area contributed by atoms with Gasteiger partial charge in [-0.1, -0.05) is 42.5 Å². The Bertz CT molecular complexity index is 955. The molecule has 5 nitrogen and oxygen atoms in total. The maximum atomic E-state index is 5.78. The van der Waals surface area contributed by atoms with Crippen molar-refractivity contribution in [2.24, 2.45) is 4.99 Å². The quantitative estimate of drug-likeness (QED) is 0.776. The van der Waals surface area contributed by atoms with Gasteiger partial charge in [0.15, 0.2) is 0 Å². The average molecular weight is 318 g/mol. The van der Waals surface area contributed by atoms with Gasteiger partial charge in [0, 0.05) is 5.39 Å². The van der Waals surface area contributed by atoms with Crippen molar-refractivity contribution in [3.05, 3.63) is 65.4 Å². The Morgan fingerprint density at radius 2 is 1.88 bits per heavy atom. The maximum absolute atomic E-state index is 5.78. The van der Waals surface area contributed by atoms with E-state index >= 15 is 0 Å². The van der Waals surface area contributed by atoms with Gasteiger partial charge in [0.05, 0.1) is 16.6 Å². The Morgan fingerprint density at radius 1 is 1.08 bits per heavy atom. The molecule has 1 fully saturated rings. The van der Waals surface area contributed by atoms with Gasteiger partial charge < -0.3 is 0 Å². The first-order valence-corrected chi connectivity index (χ1v) is 8.27. The number of aliphatic imine (C=N–C) groups is 1. The molecule has 1 unspecified atom stereocenters. The van der Waals surface area contributed by atoms with Gasteiger partial charge in [-0.2, -0.15) is 5.10 Å². The lowest BCUT2D eigenvalue weighted by atomic mass is 9.91. The summed E-state index contributed by atoms with van der Waals surface area (Å²) in [6.45, 7) is 2.16. The molecule has 2 N–H and O–H groups in total. The second-order valence-electron chi connectivity index (χ2n) is 6.60. The van der Waals surface area contributed by atoms with Crippen LogP contribution in [-0.4, -0.2) is 16.0 Å². The third kappa shape index (κ3) is 1.91. The van der Waals surface area contributed by atoms with E-state index in [9.17, 15) is 0 Å². The third-order valence-electron chi connectivity index (χ3n) is 5.12. The predicted molar refractivity (Wildman–Crippen MR) is 92.6 cm³/mol. The molecule has 2 aromatic carbocycles. The number of hydrogen-bond donors (Lipinski definition) is 2. The minimum atomic E-state index is -0.381. The Morgan fingerprint density at radius 3 is 2.71 bits per heavy atom. The Balaban J connectivity index is 1.53. The summed E-state index contributed by atoms with van der Waals surface area (Å²) in [6, 6.07) is 16.5. The lowest BCUT2D eigenvalue weighted by Gasteiger charge is -2.17. The number of nitrogens with one attached hydrogen (secondary N) is 2. The van der Waals surface area contributed by atoms with E-state index < -0.39 is 0 Å². The summed E-state index contributed by atoms with van der Waals surface area (Å²) in [5.41, 5.74) is 7.54. The summed E-state index contributed by atoms with van der Waals surface area (Å²) in [5.74, 6) is 0.931. The molecule has 0 bridgehead atoms. The first-order valence-electron chi connectivity index (χ1n) is 8.27. The molecule has 0 spiro atoms. The fourth-order valence-electron chi connectivity index (χ4n) is 3.66. The Hall–Kier alpha value is -2.66. The van der Waals surface area contributed by atoms with Gasteiger partial charge in [0.25, 0.3) is 0 Å². The van der Waals surface area contributed by atoms with Crippen molar-refractivity contribution < 1.29 is 4.84 Å². The lowest BCUT2D eigenvalue weighted by molar-refractivity contribution is 0.0348. The molecule has 2 aliphatic rings. The van der Waals surface area contributed by atoms with Crippen molar-refractivity contribution in [1.82, 2.24) is 15.7 Å². The van der Waals surface area contributed by atoms with Crippen molar-refractivity contribution in [2.45, 2.75) is 31.4 Å². The molecule has 5 rings (SSSR count). The van der Waals surface area contributed by atoms with Gasteiger partial charge in [0.2, 0.25) is 6.23 Å². The van der Waals surface area contributed by atoms with Crippen LogP contribution in [0, 0.1) is 6.92 Å². The minimum Gasteiger partial charge on any atom is -0.277 e. The molecule has 120 valence electrons. The predicted octanol–water partition coefficient (Wildman–Crippen LogP) is 3.54. The number of H-pyrrole nitrogens is 1. The number of hydroxylamine groups is 1. The van der Waals surface area contributed by atoms with E-state index in [-0.39, 0.29) is 11.6 Å². The van der Waals surface area contributed by atoms with Crippen LogP contribution in [0.2, 0.25) is 0 Å². The molecule has 2 heterocycles. The number of aromatic amines is 1. The zero-order valence-corrected chi connectivity index (χ0v) is 13.4. The number of nitrogens with zero attached hydrogens (tertiary/aromatic N) is 2. The number of para-hydroxylation sites is 1. The van der Waals surface area contributed by atoms with Gasteiger partial charge in [-0.25, -0.2) is 15.3 Å². The topological polar surface area (TPSA) is 62.3 Å². The number of aryl methyl sites for hydroxylation is 1. The molecular weight excluding hydrogens is 300 g/mol. The van der Waals surface area contributed by atoms with Crippen LogP contribution in [0.5, 0.6) is 0 Å². The van der Waals surface area contributed by atoms with Crippen molar-refractivity contribution >= 4 is 16.7 Å². The van der Waals surface area contributed by atoms with Crippen LogP contribution in [0.25, 0.3) is 10.9 Å². The summed E-state index contributed by atoms with van der Waals surface area (Å²) in [5, 5.41) is 8.46. The number of aromatic nitrogens is 2. The van der Waals surface area contributed by atoms with Crippen LogP contribution in [0.3, 0.4) is 0 Å². The van der Waals surface area contributed by atoms with Crippen LogP contribution in [0.1, 0.15) is 35.9 Å². The summed E-state index contributed by atoms with van der Waals surface area (Å²) >= 11 is 0. The highest BCUT2D eigenvalue weighted by Crippen LogP contribution is 2.51. The number of rotatable bonds is 3. The van der Waals surface area contributed by atoms with Gasteiger partial charge in [-0.15, -0.1) is 0 Å². The van der Waals surface area contributed by atoms with E-state index in [4.69, 9.17) is 9.83 Å². The Labute approximate surface area is 139 Å². The summed E-state index contributed by atoms with van der Waals surface area (Å²) in [4.78, 5) is 10.6. The zero-order chi connectivity index (χ0) is 16.1. The molecule has 1 aliphatic heterocycles. The standard InChI is InChI=1S/C19H18N4O/c1-12-6-2-4-8-14(12)19(10-11-19)18-20-17(24-23-18)16-13-7-3-5-9-15(13)21-22-16/h2-9,17H,10-11H2,1H3,(H,20,23)(H,21,22). The SMILES string of the molecule is Cc1ccccc1C1(C2=NC(c3[nH]nc4ccccc34)ON2)CC1. The summed E-state index contributed by atoms with van der Waals surface area (Å²) < 4.78 is 0. The molecule has 3 aromatic rings. The highest BCUT2D eigenvalue weighted by molar-refractivity contribution is 5.96. The molecule has 0 radical (unpaired) electrons. The number of fused-ring (bicyclic) bond motifs is 1. The molecule has 1 aliphatic carbocycles. The van der Waals surface area contributed by atoms with Crippen LogP contribution < -0.4 is 5.48 Å². The molecule has 1 saturated carbocycles. The fourth-order valence-corrected chi connectivity index (χ4v) is 3.66. The Kier molecular flexibility index (Phi) is 2.82. The number of amidine groups is 1. The zero-order valence-electron chi connectivity index (χ0n) is 13.4. The molecule has 5 heteroatoms. The highest BCUT2D eigenvalue weighted by Gasteiger charge is 2.52. The first kappa shape index (κ1) is 13.7. The van der Waals surface area contributed by atoms with Gasteiger partial charge in [0.1, 0.15) is 5.84 Å². The smallest absolute Gasteiger partial charge is 0.219 e. The fraction of sp³-hybridized carbons (Fsp3) is 0.263. The normalized spacial score (nSPS) is 21.5. The van der Waals surface area contributed by atoms with E-state index in [1.807, 2.05) is 24.3 Å². The third-order valence-corrected chi connectivity index (χ3v) is 5.12. The summed E-state index contributed by atoms with van der Waals surface area (Å²) in [7, 11) is 0.